The van der Waals surface area contributed by atoms with Gasteiger partial charge < -0.3 is 15.0 Å². The van der Waals surface area contributed by atoms with Crippen LogP contribution in [0, 0.1) is 5.92 Å². The predicted octanol–water partition coefficient (Wildman–Crippen LogP) is 1.95. The van der Waals surface area contributed by atoms with Crippen LogP contribution in [-0.2, 0) is 18.3 Å². The van der Waals surface area contributed by atoms with E-state index in [2.05, 4.69) is 31.4 Å². The number of nitrogens with one attached hydrogen (secondary N) is 2. The highest BCUT2D eigenvalue weighted by molar-refractivity contribution is 5.74. The van der Waals surface area contributed by atoms with E-state index < -0.39 is 0 Å². The van der Waals surface area contributed by atoms with E-state index in [1.807, 2.05) is 24.1 Å². The van der Waals surface area contributed by atoms with Crippen molar-refractivity contribution in [2.75, 3.05) is 13.2 Å². The van der Waals surface area contributed by atoms with E-state index in [1.165, 1.54) is 0 Å². The molecule has 0 amide bonds. The minimum Gasteiger partial charge on any atom is -0.372 e. The zero-order valence-corrected chi connectivity index (χ0v) is 13.8. The lowest BCUT2D eigenvalue weighted by atomic mass is 9.92. The third kappa shape index (κ3) is 2.92. The van der Waals surface area contributed by atoms with Crippen LogP contribution in [0.4, 0.5) is 0 Å². The van der Waals surface area contributed by atoms with Gasteiger partial charge in [-0.3, -0.25) is 9.67 Å². The van der Waals surface area contributed by atoms with Crippen molar-refractivity contribution in [2.45, 2.75) is 25.5 Å². The lowest BCUT2D eigenvalue weighted by Gasteiger charge is -2.32. The molecular formula is C17H22N6O. The summed E-state index contributed by atoms with van der Waals surface area (Å²) in [5, 5.41) is 7.84. The van der Waals surface area contributed by atoms with Crippen molar-refractivity contribution in [1.82, 2.24) is 30.0 Å². The van der Waals surface area contributed by atoms with Gasteiger partial charge in [0.05, 0.1) is 5.69 Å². The summed E-state index contributed by atoms with van der Waals surface area (Å²) in [4.78, 5) is 11.8. The van der Waals surface area contributed by atoms with Gasteiger partial charge in [-0.25, -0.2) is 4.98 Å². The lowest BCUT2D eigenvalue weighted by molar-refractivity contribution is -0.0323. The Bertz CT molecular complexity index is 810. The number of aromatic nitrogens is 5. The molecule has 4 rings (SSSR count). The van der Waals surface area contributed by atoms with Crippen LogP contribution in [0.15, 0.2) is 30.9 Å². The summed E-state index contributed by atoms with van der Waals surface area (Å²) in [6, 6.07) is 2.05. The lowest BCUT2D eigenvalue weighted by Crippen LogP contribution is -2.32. The van der Waals surface area contributed by atoms with E-state index in [0.29, 0.717) is 5.92 Å². The first-order valence-electron chi connectivity index (χ1n) is 8.40. The second-order valence-corrected chi connectivity index (χ2v) is 6.27. The molecule has 1 aliphatic rings. The summed E-state index contributed by atoms with van der Waals surface area (Å²) < 4.78 is 7.96. The Morgan fingerprint density at radius 3 is 3.12 bits per heavy atom. The molecule has 0 spiro atoms. The molecule has 0 saturated carbocycles. The molecule has 3 aromatic rings. The number of H-pyrrole nitrogens is 1. The van der Waals surface area contributed by atoms with Gasteiger partial charge in [0.2, 0.25) is 0 Å². The van der Waals surface area contributed by atoms with E-state index >= 15 is 0 Å². The highest BCUT2D eigenvalue weighted by Gasteiger charge is 2.29. The first-order valence-corrected chi connectivity index (χ1v) is 8.40. The SMILES string of the molecule is Cn1nccc1[C@@H]1OCCC[C@H]1CNCc1c[nH]c2nccnc12. The van der Waals surface area contributed by atoms with Crippen LogP contribution >= 0.6 is 0 Å². The number of hydrogen-bond donors (Lipinski definition) is 2. The first-order chi connectivity index (χ1) is 11.8. The van der Waals surface area contributed by atoms with Crippen LogP contribution in [0.1, 0.15) is 30.2 Å². The molecule has 0 unspecified atom stereocenters. The van der Waals surface area contributed by atoms with Crippen LogP contribution < -0.4 is 5.32 Å². The number of ether oxygens (including phenoxy) is 1. The summed E-state index contributed by atoms with van der Waals surface area (Å²) in [6.07, 6.45) is 9.63. The minimum absolute atomic E-state index is 0.113. The zero-order chi connectivity index (χ0) is 16.4. The molecule has 7 nitrogen and oxygen atoms in total. The molecule has 1 fully saturated rings. The van der Waals surface area contributed by atoms with Gasteiger partial charge in [-0.1, -0.05) is 0 Å². The molecule has 3 aromatic heterocycles. The molecule has 0 radical (unpaired) electrons. The van der Waals surface area contributed by atoms with Crippen molar-refractivity contribution in [3.8, 4) is 0 Å². The second-order valence-electron chi connectivity index (χ2n) is 6.27. The smallest absolute Gasteiger partial charge is 0.156 e. The molecular weight excluding hydrogens is 304 g/mol. The Morgan fingerprint density at radius 2 is 2.25 bits per heavy atom. The maximum Gasteiger partial charge on any atom is 0.156 e. The fourth-order valence-electron chi connectivity index (χ4n) is 3.47. The molecule has 7 heteroatoms. The van der Waals surface area contributed by atoms with E-state index in [-0.39, 0.29) is 6.10 Å². The fraction of sp³-hybridized carbons (Fsp3) is 0.471. The average molecular weight is 326 g/mol. The highest BCUT2D eigenvalue weighted by Crippen LogP contribution is 2.32. The van der Waals surface area contributed by atoms with Crippen LogP contribution in [0.5, 0.6) is 0 Å². The van der Waals surface area contributed by atoms with Crippen LogP contribution in [0.3, 0.4) is 0 Å². The molecule has 2 atom stereocenters. The predicted molar refractivity (Wildman–Crippen MR) is 90.2 cm³/mol. The second kappa shape index (κ2) is 6.70. The van der Waals surface area contributed by atoms with Gasteiger partial charge in [0.15, 0.2) is 5.65 Å². The summed E-state index contributed by atoms with van der Waals surface area (Å²) in [6.45, 7) is 2.50. The standard InChI is InChI=1S/C17H22N6O/c1-23-14(4-5-22-23)16-12(3-2-8-24-16)9-18-10-13-11-21-17-15(13)19-6-7-20-17/h4-7,11-12,16,18H,2-3,8-10H2,1H3,(H,20,21)/t12-,16+/m0/s1. The van der Waals surface area contributed by atoms with Crippen molar-refractivity contribution in [3.05, 3.63) is 42.1 Å². The van der Waals surface area contributed by atoms with Crippen molar-refractivity contribution in [3.63, 3.8) is 0 Å². The van der Waals surface area contributed by atoms with Crippen LogP contribution in [-0.4, -0.2) is 37.9 Å². The van der Waals surface area contributed by atoms with Crippen LogP contribution in [0.2, 0.25) is 0 Å². The first kappa shape index (κ1) is 15.3. The molecule has 4 heterocycles. The topological polar surface area (TPSA) is 80.6 Å². The number of aromatic amines is 1. The van der Waals surface area contributed by atoms with Crippen LogP contribution in [0.25, 0.3) is 11.2 Å². The molecule has 126 valence electrons. The Balaban J connectivity index is 1.41. The Morgan fingerprint density at radius 1 is 1.33 bits per heavy atom. The Labute approximate surface area is 140 Å². The largest absolute Gasteiger partial charge is 0.372 e. The molecule has 1 saturated heterocycles. The molecule has 0 aromatic carbocycles. The Kier molecular flexibility index (Phi) is 4.27. The number of nitrogens with zero attached hydrogens (tertiary/aromatic N) is 4. The van der Waals surface area contributed by atoms with E-state index in [9.17, 15) is 0 Å². The number of fused-ring (bicyclic) bond motifs is 1. The van der Waals surface area contributed by atoms with E-state index in [1.54, 1.807) is 12.4 Å². The molecule has 24 heavy (non-hydrogen) atoms. The van der Waals surface area contributed by atoms with Crippen molar-refractivity contribution in [1.29, 1.82) is 0 Å². The zero-order valence-electron chi connectivity index (χ0n) is 13.8. The summed E-state index contributed by atoms with van der Waals surface area (Å²) in [5.74, 6) is 0.449. The maximum atomic E-state index is 6.04. The highest BCUT2D eigenvalue weighted by atomic mass is 16.5. The summed E-state index contributed by atoms with van der Waals surface area (Å²) in [5.41, 5.74) is 4.07. The van der Waals surface area contributed by atoms with E-state index in [0.717, 1.165) is 55.0 Å². The van der Waals surface area contributed by atoms with Gasteiger partial charge in [0.1, 0.15) is 11.6 Å². The van der Waals surface area contributed by atoms with Gasteiger partial charge in [0, 0.05) is 63.0 Å². The number of rotatable bonds is 5. The molecule has 2 N–H and O–H groups in total. The normalized spacial score (nSPS) is 21.4. The maximum absolute atomic E-state index is 6.04. The van der Waals surface area contributed by atoms with Crippen molar-refractivity contribution < 1.29 is 4.74 Å². The quantitative estimate of drug-likeness (QED) is 0.749. The van der Waals surface area contributed by atoms with E-state index in [4.69, 9.17) is 4.74 Å². The van der Waals surface area contributed by atoms with Crippen molar-refractivity contribution >= 4 is 11.2 Å². The average Bonchev–Trinajstić information content (AvgIpc) is 3.22. The van der Waals surface area contributed by atoms with Gasteiger partial charge in [0.25, 0.3) is 0 Å². The van der Waals surface area contributed by atoms with Gasteiger partial charge >= 0.3 is 0 Å². The minimum atomic E-state index is 0.113. The Hall–Kier alpha value is -2.25. The fourth-order valence-corrected chi connectivity index (χ4v) is 3.47. The monoisotopic (exact) mass is 326 g/mol. The number of hydrogen-bond acceptors (Lipinski definition) is 5. The summed E-state index contributed by atoms with van der Waals surface area (Å²) in [7, 11) is 1.97. The third-order valence-corrected chi connectivity index (χ3v) is 4.70. The van der Waals surface area contributed by atoms with Gasteiger partial charge in [-0.05, 0) is 18.9 Å². The third-order valence-electron chi connectivity index (χ3n) is 4.70. The van der Waals surface area contributed by atoms with Crippen molar-refractivity contribution in [2.24, 2.45) is 13.0 Å². The van der Waals surface area contributed by atoms with Gasteiger partial charge in [-0.15, -0.1) is 0 Å². The molecule has 1 aliphatic heterocycles. The molecule has 0 bridgehead atoms. The summed E-state index contributed by atoms with van der Waals surface area (Å²) >= 11 is 0. The van der Waals surface area contributed by atoms with Gasteiger partial charge in [-0.2, -0.15) is 5.10 Å². The molecule has 0 aliphatic carbocycles. The number of aryl methyl sites for hydroxylation is 1.